The van der Waals surface area contributed by atoms with Gasteiger partial charge in [-0.15, -0.1) is 0 Å². The van der Waals surface area contributed by atoms with E-state index in [0.717, 1.165) is 15.8 Å². The summed E-state index contributed by atoms with van der Waals surface area (Å²) in [6, 6.07) is 11.2. The minimum Gasteiger partial charge on any atom is -1.00 e. The number of halogens is 2. The van der Waals surface area contributed by atoms with Gasteiger partial charge in [0.05, 0.1) is 17.8 Å². The minimum absolute atomic E-state index is 0. The zero-order valence-corrected chi connectivity index (χ0v) is 14.2. The fourth-order valence-electron chi connectivity index (χ4n) is 1.68. The Kier molecular flexibility index (Phi) is 7.56. The van der Waals surface area contributed by atoms with Gasteiger partial charge in [0.2, 0.25) is 6.54 Å². The Balaban J connectivity index is 0.00000242. The first kappa shape index (κ1) is 18.1. The van der Waals surface area contributed by atoms with Crippen molar-refractivity contribution in [2.24, 2.45) is 5.10 Å². The molecule has 1 aromatic heterocycles. The Morgan fingerprint density at radius 2 is 2.09 bits per heavy atom. The lowest BCUT2D eigenvalue weighted by atomic mass is 10.2. The Labute approximate surface area is 143 Å². The predicted molar refractivity (Wildman–Crippen MR) is 83.1 cm³/mol. The van der Waals surface area contributed by atoms with Crippen LogP contribution in [0.1, 0.15) is 5.56 Å². The highest BCUT2D eigenvalue weighted by atomic mass is 79.9. The molecule has 2 rings (SSSR count). The van der Waals surface area contributed by atoms with E-state index in [1.165, 1.54) is 0 Å². The SMILES string of the molecule is COc1ccc(/C=N/NC(=O)C[n+]2ccccc2)cc1Br.[Cl-]. The summed E-state index contributed by atoms with van der Waals surface area (Å²) in [5.74, 6) is 0.562. The van der Waals surface area contributed by atoms with E-state index >= 15 is 0 Å². The van der Waals surface area contributed by atoms with Crippen molar-refractivity contribution in [3.63, 3.8) is 0 Å². The molecule has 0 aliphatic carbocycles. The number of rotatable bonds is 5. The number of pyridine rings is 1. The molecule has 7 heteroatoms. The molecule has 0 atom stereocenters. The summed E-state index contributed by atoms with van der Waals surface area (Å²) in [7, 11) is 1.61. The zero-order valence-electron chi connectivity index (χ0n) is 11.9. The van der Waals surface area contributed by atoms with Crippen LogP contribution >= 0.6 is 15.9 Å². The summed E-state index contributed by atoms with van der Waals surface area (Å²) < 4.78 is 7.75. The van der Waals surface area contributed by atoms with Crippen LogP contribution in [0.2, 0.25) is 0 Å². The van der Waals surface area contributed by atoms with Gasteiger partial charge in [0, 0.05) is 12.1 Å². The predicted octanol–water partition coefficient (Wildman–Crippen LogP) is -1.10. The number of ether oxygens (including phenoxy) is 1. The van der Waals surface area contributed by atoms with Gasteiger partial charge >= 0.3 is 5.91 Å². The molecule has 0 fully saturated rings. The molecule has 0 radical (unpaired) electrons. The maximum Gasteiger partial charge on any atom is 0.305 e. The lowest BCUT2D eigenvalue weighted by Crippen LogP contribution is -3.00. The number of nitrogens with zero attached hydrogens (tertiary/aromatic N) is 2. The quantitative estimate of drug-likeness (QED) is 0.404. The summed E-state index contributed by atoms with van der Waals surface area (Å²) in [6.45, 7) is 0.227. The van der Waals surface area contributed by atoms with Crippen LogP contribution in [0.4, 0.5) is 0 Å². The first-order chi connectivity index (χ1) is 10.2. The maximum absolute atomic E-state index is 11.7. The van der Waals surface area contributed by atoms with Crippen LogP contribution in [0.25, 0.3) is 0 Å². The van der Waals surface area contributed by atoms with E-state index < -0.39 is 0 Å². The number of carbonyl (C=O) groups is 1. The Bertz CT molecular complexity index is 650. The molecule has 0 saturated carbocycles. The molecule has 1 amide bonds. The van der Waals surface area contributed by atoms with Gasteiger partial charge in [-0.1, -0.05) is 6.07 Å². The number of methoxy groups -OCH3 is 1. The highest BCUT2D eigenvalue weighted by molar-refractivity contribution is 9.10. The molecule has 22 heavy (non-hydrogen) atoms. The number of carbonyl (C=O) groups excluding carboxylic acids is 1. The van der Waals surface area contributed by atoms with Crippen LogP contribution in [-0.4, -0.2) is 19.2 Å². The first-order valence-corrected chi connectivity index (χ1v) is 7.08. The monoisotopic (exact) mass is 383 g/mol. The molecular formula is C15H15BrClN3O2. The van der Waals surface area contributed by atoms with Crippen molar-refractivity contribution < 1.29 is 26.5 Å². The maximum atomic E-state index is 11.7. The third-order valence-corrected chi connectivity index (χ3v) is 3.30. The van der Waals surface area contributed by atoms with Crippen molar-refractivity contribution in [1.82, 2.24) is 5.43 Å². The average molecular weight is 385 g/mol. The largest absolute Gasteiger partial charge is 1.00 e. The number of hydrogen-bond acceptors (Lipinski definition) is 3. The third kappa shape index (κ3) is 5.46. The van der Waals surface area contributed by atoms with Gasteiger partial charge in [0.1, 0.15) is 5.75 Å². The Morgan fingerprint density at radius 1 is 1.36 bits per heavy atom. The smallest absolute Gasteiger partial charge is 0.305 e. The molecule has 1 heterocycles. The number of hydrogen-bond donors (Lipinski definition) is 1. The second kappa shape index (κ2) is 9.17. The molecule has 1 aromatic carbocycles. The van der Waals surface area contributed by atoms with Gasteiger partial charge in [-0.25, -0.2) is 5.43 Å². The fraction of sp³-hybridized carbons (Fsp3) is 0.133. The van der Waals surface area contributed by atoms with Crippen LogP contribution in [0, 0.1) is 0 Å². The van der Waals surface area contributed by atoms with Crippen LogP contribution in [0.5, 0.6) is 5.75 Å². The molecular weight excluding hydrogens is 370 g/mol. The number of amides is 1. The van der Waals surface area contributed by atoms with E-state index in [2.05, 4.69) is 26.5 Å². The summed E-state index contributed by atoms with van der Waals surface area (Å²) in [5, 5.41) is 3.93. The molecule has 0 aliphatic heterocycles. The number of benzene rings is 1. The van der Waals surface area contributed by atoms with Gasteiger partial charge in [0.15, 0.2) is 12.4 Å². The van der Waals surface area contributed by atoms with E-state index in [1.54, 1.807) is 17.9 Å². The van der Waals surface area contributed by atoms with Crippen molar-refractivity contribution in [1.29, 1.82) is 0 Å². The molecule has 0 bridgehead atoms. The summed E-state index contributed by atoms with van der Waals surface area (Å²) in [4.78, 5) is 11.7. The van der Waals surface area contributed by atoms with Gasteiger partial charge in [0.25, 0.3) is 0 Å². The highest BCUT2D eigenvalue weighted by Gasteiger charge is 2.06. The molecule has 0 spiro atoms. The number of nitrogens with one attached hydrogen (secondary N) is 1. The standard InChI is InChI=1S/C15H14BrN3O2.ClH/c1-21-14-6-5-12(9-13(14)16)10-17-18-15(20)11-19-7-3-2-4-8-19;/h2-10H,11H2,1H3;1H/b17-10+;. The number of hydrazone groups is 1. The van der Waals surface area contributed by atoms with Crippen molar-refractivity contribution in [3.8, 4) is 5.75 Å². The lowest BCUT2D eigenvalue weighted by molar-refractivity contribution is -0.684. The normalized spacial score (nSPS) is 10.1. The molecule has 0 aliphatic rings. The van der Waals surface area contributed by atoms with Crippen LogP contribution < -0.4 is 27.1 Å². The first-order valence-electron chi connectivity index (χ1n) is 6.28. The second-order valence-corrected chi connectivity index (χ2v) is 5.09. The molecule has 2 aromatic rings. The third-order valence-electron chi connectivity index (χ3n) is 2.68. The van der Waals surface area contributed by atoms with Gasteiger partial charge < -0.3 is 17.1 Å². The summed E-state index contributed by atoms with van der Waals surface area (Å²) in [5.41, 5.74) is 3.35. The van der Waals surface area contributed by atoms with E-state index in [0.29, 0.717) is 0 Å². The van der Waals surface area contributed by atoms with Gasteiger partial charge in [-0.3, -0.25) is 4.79 Å². The van der Waals surface area contributed by atoms with E-state index in [-0.39, 0.29) is 24.9 Å². The Hall–Kier alpha value is -1.92. The topological polar surface area (TPSA) is 54.6 Å². The van der Waals surface area contributed by atoms with Crippen molar-refractivity contribution in [3.05, 3.63) is 58.8 Å². The fourth-order valence-corrected chi connectivity index (χ4v) is 2.24. The average Bonchev–Trinajstić information content (AvgIpc) is 2.48. The van der Waals surface area contributed by atoms with Crippen molar-refractivity contribution in [2.75, 3.05) is 7.11 Å². The van der Waals surface area contributed by atoms with Crippen molar-refractivity contribution in [2.45, 2.75) is 6.54 Å². The van der Waals surface area contributed by atoms with Gasteiger partial charge in [-0.05, 0) is 39.7 Å². The summed E-state index contributed by atoms with van der Waals surface area (Å²) in [6.07, 6.45) is 5.23. The molecule has 0 unspecified atom stereocenters. The van der Waals surface area contributed by atoms with E-state index in [9.17, 15) is 4.79 Å². The molecule has 116 valence electrons. The summed E-state index contributed by atoms with van der Waals surface area (Å²) >= 11 is 3.40. The van der Waals surface area contributed by atoms with Crippen LogP contribution in [0.15, 0.2) is 58.4 Å². The second-order valence-electron chi connectivity index (χ2n) is 4.23. The lowest BCUT2D eigenvalue weighted by Gasteiger charge is -2.03. The molecule has 0 saturated heterocycles. The zero-order chi connectivity index (χ0) is 15.1. The van der Waals surface area contributed by atoms with Gasteiger partial charge in [-0.2, -0.15) is 9.67 Å². The van der Waals surface area contributed by atoms with E-state index in [4.69, 9.17) is 4.74 Å². The molecule has 1 N–H and O–H groups in total. The van der Waals surface area contributed by atoms with E-state index in [1.807, 2.05) is 48.8 Å². The number of aromatic nitrogens is 1. The minimum atomic E-state index is -0.185. The van der Waals surface area contributed by atoms with Crippen LogP contribution in [-0.2, 0) is 11.3 Å². The van der Waals surface area contributed by atoms with Crippen molar-refractivity contribution >= 4 is 28.1 Å². The Morgan fingerprint density at radius 3 is 2.73 bits per heavy atom. The van der Waals surface area contributed by atoms with Crippen LogP contribution in [0.3, 0.4) is 0 Å². The molecule has 5 nitrogen and oxygen atoms in total. The highest BCUT2D eigenvalue weighted by Crippen LogP contribution is 2.24.